The average Bonchev–Trinajstić information content (AvgIpc) is 2.85. The lowest BCUT2D eigenvalue weighted by Gasteiger charge is -2.51. The van der Waals surface area contributed by atoms with Crippen LogP contribution in [0.2, 0.25) is 0 Å². The van der Waals surface area contributed by atoms with Crippen molar-refractivity contribution in [3.05, 3.63) is 81.1 Å². The Morgan fingerprint density at radius 3 is 2.39 bits per heavy atom. The smallest absolute Gasteiger partial charge is 0.248 e. The molecule has 4 unspecified atom stereocenters. The Balaban J connectivity index is 1.63. The van der Waals surface area contributed by atoms with Crippen molar-refractivity contribution in [2.75, 3.05) is 14.1 Å². The zero-order chi connectivity index (χ0) is 27.5. The van der Waals surface area contributed by atoms with Gasteiger partial charge in [-0.15, -0.1) is 0 Å². The van der Waals surface area contributed by atoms with Crippen LogP contribution in [0, 0.1) is 30.6 Å². The first-order valence-corrected chi connectivity index (χ1v) is 12.5. The van der Waals surface area contributed by atoms with Gasteiger partial charge < -0.3 is 26.2 Å². The summed E-state index contributed by atoms with van der Waals surface area (Å²) in [5.41, 5.74) is 6.51. The molecule has 0 aromatic heterocycles. The van der Waals surface area contributed by atoms with Crippen LogP contribution in [-0.2, 0) is 16.0 Å². The molecule has 0 radical (unpaired) electrons. The number of nitrogens with two attached hydrogens (primary N) is 1. The van der Waals surface area contributed by atoms with E-state index in [1.54, 1.807) is 25.1 Å². The van der Waals surface area contributed by atoms with Crippen LogP contribution in [0.5, 0.6) is 5.75 Å². The SMILES string of the molecule is Cc1ccc(C#Cc2ccc(O)c3c2CC2CC4C(N(C)C)C(O)=C(C(N)=O)CC4(O)C(=O)C2=C3O)cc1. The molecule has 8 nitrogen and oxygen atoms in total. The Hall–Kier alpha value is -4.06. The summed E-state index contributed by atoms with van der Waals surface area (Å²) in [7, 11) is 3.37. The number of benzene rings is 2. The number of likely N-dealkylation sites (N-methyl/N-ethyl adjacent to an activating group) is 1. The Kier molecular flexibility index (Phi) is 6.09. The molecule has 2 aromatic rings. The molecule has 1 fully saturated rings. The molecular formula is C30H30N2O6. The average molecular weight is 515 g/mol. The van der Waals surface area contributed by atoms with Gasteiger partial charge in [-0.05, 0) is 69.6 Å². The van der Waals surface area contributed by atoms with Crippen molar-refractivity contribution in [1.82, 2.24) is 4.90 Å². The van der Waals surface area contributed by atoms with Gasteiger partial charge in [-0.25, -0.2) is 0 Å². The number of phenols is 1. The van der Waals surface area contributed by atoms with E-state index in [9.17, 15) is 30.0 Å². The number of ketones is 1. The highest BCUT2D eigenvalue weighted by Crippen LogP contribution is 2.53. The fraction of sp³-hybridized carbons (Fsp3) is 0.333. The summed E-state index contributed by atoms with van der Waals surface area (Å²) in [6.45, 7) is 1.99. The van der Waals surface area contributed by atoms with E-state index in [0.717, 1.165) is 11.1 Å². The Labute approximate surface area is 220 Å². The van der Waals surface area contributed by atoms with E-state index in [2.05, 4.69) is 11.8 Å². The number of amides is 1. The number of aryl methyl sites for hydroxylation is 1. The molecular weight excluding hydrogens is 484 g/mol. The Morgan fingerprint density at radius 1 is 1.08 bits per heavy atom. The van der Waals surface area contributed by atoms with Crippen LogP contribution in [0.25, 0.3) is 5.76 Å². The van der Waals surface area contributed by atoms with Gasteiger partial charge in [0.1, 0.15) is 22.9 Å². The molecule has 0 spiro atoms. The first-order valence-electron chi connectivity index (χ1n) is 12.5. The number of phenolic OH excluding ortho intramolecular Hbond substituents is 1. The van der Waals surface area contributed by atoms with Crippen molar-refractivity contribution in [2.45, 2.75) is 37.8 Å². The number of carbonyl (C=O) groups excluding carboxylic acids is 2. The monoisotopic (exact) mass is 514 g/mol. The van der Waals surface area contributed by atoms with Gasteiger partial charge in [0.25, 0.3) is 0 Å². The fourth-order valence-corrected chi connectivity index (χ4v) is 6.23. The van der Waals surface area contributed by atoms with Gasteiger partial charge in [0.15, 0.2) is 5.78 Å². The number of Topliss-reactive ketones (excluding diaryl/α,β-unsaturated/α-hetero) is 1. The van der Waals surface area contributed by atoms with Crippen molar-refractivity contribution < 1.29 is 30.0 Å². The number of nitrogens with zero attached hydrogens (tertiary/aromatic N) is 1. The lowest BCUT2D eigenvalue weighted by atomic mass is 9.57. The number of carbonyl (C=O) groups is 2. The molecule has 38 heavy (non-hydrogen) atoms. The maximum atomic E-state index is 13.9. The van der Waals surface area contributed by atoms with E-state index < -0.39 is 47.3 Å². The highest BCUT2D eigenvalue weighted by atomic mass is 16.3. The number of rotatable bonds is 2. The molecule has 3 aliphatic rings. The quantitative estimate of drug-likeness (QED) is 0.387. The lowest BCUT2D eigenvalue weighted by molar-refractivity contribution is -0.151. The third kappa shape index (κ3) is 3.87. The van der Waals surface area contributed by atoms with Gasteiger partial charge in [0, 0.05) is 29.0 Å². The summed E-state index contributed by atoms with van der Waals surface area (Å²) in [5, 5.41) is 44.6. The molecule has 0 aliphatic heterocycles. The van der Waals surface area contributed by atoms with E-state index in [0.29, 0.717) is 17.5 Å². The van der Waals surface area contributed by atoms with Gasteiger partial charge in [-0.1, -0.05) is 29.5 Å². The molecule has 3 aliphatic carbocycles. The third-order valence-electron chi connectivity index (χ3n) is 8.09. The van der Waals surface area contributed by atoms with Crippen molar-refractivity contribution in [2.24, 2.45) is 17.6 Å². The highest BCUT2D eigenvalue weighted by molar-refractivity contribution is 6.10. The van der Waals surface area contributed by atoms with E-state index >= 15 is 0 Å². The second-order valence-electron chi connectivity index (χ2n) is 10.7. The second-order valence-corrected chi connectivity index (χ2v) is 10.7. The maximum absolute atomic E-state index is 13.9. The van der Waals surface area contributed by atoms with Crippen LogP contribution < -0.4 is 5.73 Å². The van der Waals surface area contributed by atoms with E-state index in [-0.39, 0.29) is 34.6 Å². The number of fused-ring (bicyclic) bond motifs is 3. The van der Waals surface area contributed by atoms with Crippen molar-refractivity contribution in [3.63, 3.8) is 0 Å². The molecule has 0 saturated heterocycles. The molecule has 2 aromatic carbocycles. The molecule has 0 bridgehead atoms. The number of aliphatic hydroxyl groups is 3. The van der Waals surface area contributed by atoms with E-state index in [1.165, 1.54) is 6.07 Å². The van der Waals surface area contributed by atoms with E-state index in [1.807, 2.05) is 31.2 Å². The Morgan fingerprint density at radius 2 is 1.76 bits per heavy atom. The molecule has 1 saturated carbocycles. The molecule has 5 rings (SSSR count). The van der Waals surface area contributed by atoms with Gasteiger partial charge in [-0.3, -0.25) is 14.5 Å². The van der Waals surface area contributed by atoms with Crippen LogP contribution in [-0.4, -0.2) is 62.8 Å². The molecule has 0 heterocycles. The minimum Gasteiger partial charge on any atom is -0.510 e. The normalized spacial score (nSPS) is 26.3. The predicted molar refractivity (Wildman–Crippen MR) is 141 cm³/mol. The summed E-state index contributed by atoms with van der Waals surface area (Å²) in [5.74, 6) is 2.53. The maximum Gasteiger partial charge on any atom is 0.248 e. The topological polar surface area (TPSA) is 144 Å². The zero-order valence-electron chi connectivity index (χ0n) is 21.4. The van der Waals surface area contributed by atoms with E-state index in [4.69, 9.17) is 5.73 Å². The summed E-state index contributed by atoms with van der Waals surface area (Å²) in [6, 6.07) is 10.0. The predicted octanol–water partition coefficient (Wildman–Crippen LogP) is 2.49. The van der Waals surface area contributed by atoms with Gasteiger partial charge >= 0.3 is 0 Å². The lowest BCUT2D eigenvalue weighted by Crippen LogP contribution is -2.62. The number of aromatic hydroxyl groups is 1. The van der Waals surface area contributed by atoms with Crippen LogP contribution >= 0.6 is 0 Å². The minimum atomic E-state index is -2.05. The van der Waals surface area contributed by atoms with Crippen LogP contribution in [0.3, 0.4) is 0 Å². The number of primary amides is 1. The van der Waals surface area contributed by atoms with Gasteiger partial charge in [-0.2, -0.15) is 0 Å². The third-order valence-corrected chi connectivity index (χ3v) is 8.09. The van der Waals surface area contributed by atoms with Crippen molar-refractivity contribution in [1.29, 1.82) is 0 Å². The summed E-state index contributed by atoms with van der Waals surface area (Å²) in [4.78, 5) is 27.6. The van der Waals surface area contributed by atoms with Gasteiger partial charge in [0.2, 0.25) is 5.91 Å². The van der Waals surface area contributed by atoms with Crippen LogP contribution in [0.15, 0.2) is 53.3 Å². The van der Waals surface area contributed by atoms with Crippen molar-refractivity contribution in [3.8, 4) is 17.6 Å². The van der Waals surface area contributed by atoms with Crippen molar-refractivity contribution >= 4 is 17.4 Å². The number of aliphatic hydroxyl groups excluding tert-OH is 2. The first-order chi connectivity index (χ1) is 17.9. The van der Waals surface area contributed by atoms with Crippen LogP contribution in [0.4, 0.5) is 0 Å². The standard InChI is InChI=1S/C30H30N2O6/c1-15-4-6-16(7-5-15)8-9-17-10-11-22(33)24-19(17)12-18-13-21-25(32(2)3)26(34)20(29(31)37)14-30(21,38)28(36)23(18)27(24)35/h4-7,10-11,18,21,25,33-35,38H,12-14H2,1-3H3,(H2,31,37). The molecule has 1 amide bonds. The van der Waals surface area contributed by atoms with Crippen LogP contribution in [0.1, 0.15) is 40.7 Å². The number of hydrogen-bond acceptors (Lipinski definition) is 7. The fourth-order valence-electron chi connectivity index (χ4n) is 6.23. The molecule has 6 N–H and O–H groups in total. The minimum absolute atomic E-state index is 0.0120. The Bertz CT molecular complexity index is 1490. The highest BCUT2D eigenvalue weighted by Gasteiger charge is 2.60. The molecule has 4 atom stereocenters. The summed E-state index contributed by atoms with van der Waals surface area (Å²) >= 11 is 0. The van der Waals surface area contributed by atoms with Gasteiger partial charge in [0.05, 0.1) is 17.2 Å². The molecule has 196 valence electrons. The largest absolute Gasteiger partial charge is 0.510 e. The molecule has 8 heteroatoms. The second kappa shape index (κ2) is 9.05. The zero-order valence-corrected chi connectivity index (χ0v) is 21.4. The number of hydrogen-bond donors (Lipinski definition) is 5. The first kappa shape index (κ1) is 25.6. The summed E-state index contributed by atoms with van der Waals surface area (Å²) < 4.78 is 0. The summed E-state index contributed by atoms with van der Waals surface area (Å²) in [6.07, 6.45) is 0.0968.